The Hall–Kier alpha value is -3.20. The van der Waals surface area contributed by atoms with Gasteiger partial charge >= 0.3 is 0 Å². The quantitative estimate of drug-likeness (QED) is 0.531. The average Bonchev–Trinajstić information content (AvgIpc) is 3.76. The lowest BCUT2D eigenvalue weighted by Crippen LogP contribution is -2.44. The number of hydrogen-bond acceptors (Lipinski definition) is 7. The van der Waals surface area contributed by atoms with E-state index in [-0.39, 0.29) is 23.6 Å². The van der Waals surface area contributed by atoms with Gasteiger partial charge in [-0.25, -0.2) is 9.37 Å². The van der Waals surface area contributed by atoms with Crippen molar-refractivity contribution in [2.75, 3.05) is 48.8 Å². The number of carbonyl (C=O) groups is 1. The number of nitrogens with one attached hydrogen (secondary N) is 3. The van der Waals surface area contributed by atoms with Gasteiger partial charge in [0.15, 0.2) is 11.6 Å². The van der Waals surface area contributed by atoms with Gasteiger partial charge in [-0.15, -0.1) is 0 Å². The van der Waals surface area contributed by atoms with Crippen LogP contribution in [-0.4, -0.2) is 65.6 Å². The molecule has 1 aliphatic heterocycles. The highest BCUT2D eigenvalue weighted by atomic mass is 19.1. The molecule has 3 saturated carbocycles. The van der Waals surface area contributed by atoms with Crippen molar-refractivity contribution in [1.82, 2.24) is 20.2 Å². The van der Waals surface area contributed by atoms with E-state index in [9.17, 15) is 9.18 Å². The van der Waals surface area contributed by atoms with E-state index in [1.54, 1.807) is 0 Å². The van der Waals surface area contributed by atoms with Crippen LogP contribution in [0.25, 0.3) is 0 Å². The molecule has 8 nitrogen and oxygen atoms in total. The number of benzene rings is 1. The first-order chi connectivity index (χ1) is 16.9. The summed E-state index contributed by atoms with van der Waals surface area (Å²) in [6.45, 7) is 6.24. The molecule has 35 heavy (non-hydrogen) atoms. The van der Waals surface area contributed by atoms with E-state index in [1.807, 2.05) is 6.07 Å². The molecule has 2 bridgehead atoms. The van der Waals surface area contributed by atoms with Gasteiger partial charge < -0.3 is 25.8 Å². The maximum absolute atomic E-state index is 14.7. The lowest BCUT2D eigenvalue weighted by molar-refractivity contribution is -0.125. The number of halogens is 1. The van der Waals surface area contributed by atoms with Crippen molar-refractivity contribution in [3.05, 3.63) is 47.9 Å². The first-order valence-electron chi connectivity index (χ1n) is 12.5. The van der Waals surface area contributed by atoms with Gasteiger partial charge in [0.2, 0.25) is 11.9 Å². The number of likely N-dealkylation sites (N-methyl/N-ethyl adjacent to an activating group) is 1. The van der Waals surface area contributed by atoms with Crippen molar-refractivity contribution in [1.29, 1.82) is 0 Å². The van der Waals surface area contributed by atoms with E-state index in [0.29, 0.717) is 12.0 Å². The van der Waals surface area contributed by atoms with Crippen molar-refractivity contribution < 1.29 is 9.18 Å². The second-order valence-electron chi connectivity index (χ2n) is 10.8. The standard InChI is InChI=1S/C26H30FN7O/c1-15-13-17(5-6-19(15)34-11-9-33(2)10-12-34)30-24-28-14-18(27)22(31-24)32-26-20-7-8-21(26)25(20,26)23(35)29-16-3-4-16/h5-8,13-14,16,20-21H,3-4,9-12H2,1-2H3,(H,29,35)(H2,28,30,31,32)/t20-,21-,25?,26?/m1/s1. The van der Waals surface area contributed by atoms with E-state index in [4.69, 9.17) is 0 Å². The molecular weight excluding hydrogens is 445 g/mol. The lowest BCUT2D eigenvalue weighted by atomic mass is 10.0. The van der Waals surface area contributed by atoms with Crippen LogP contribution in [0.1, 0.15) is 18.4 Å². The molecule has 2 aromatic rings. The van der Waals surface area contributed by atoms with Crippen molar-refractivity contribution in [3.63, 3.8) is 0 Å². The lowest BCUT2D eigenvalue weighted by Gasteiger charge is -2.35. The van der Waals surface area contributed by atoms with Crippen molar-refractivity contribution in [2.45, 2.75) is 31.3 Å². The van der Waals surface area contributed by atoms with Crippen LogP contribution in [0, 0.1) is 30.0 Å². The second kappa shape index (κ2) is 7.16. The third-order valence-corrected chi connectivity index (χ3v) is 8.63. The van der Waals surface area contributed by atoms with Crippen LogP contribution in [-0.2, 0) is 4.79 Å². The van der Waals surface area contributed by atoms with E-state index in [1.165, 1.54) is 17.4 Å². The Bertz CT molecular complexity index is 1240. The molecule has 3 N–H and O–H groups in total. The molecule has 182 valence electrons. The highest BCUT2D eigenvalue weighted by Crippen LogP contribution is 2.91. The molecule has 2 heterocycles. The largest absolute Gasteiger partial charge is 0.369 e. The number of piperazine rings is 1. The van der Waals surface area contributed by atoms with Crippen LogP contribution in [0.5, 0.6) is 0 Å². The zero-order chi connectivity index (χ0) is 23.9. The van der Waals surface area contributed by atoms with Crippen molar-refractivity contribution >= 4 is 29.0 Å². The maximum Gasteiger partial charge on any atom is 0.230 e. The molecule has 0 radical (unpaired) electrons. The fourth-order valence-electron chi connectivity index (χ4n) is 6.46. The molecular formula is C26H30FN7O. The summed E-state index contributed by atoms with van der Waals surface area (Å²) < 4.78 is 14.7. The maximum atomic E-state index is 14.7. The number of nitrogens with zero attached hydrogens (tertiary/aromatic N) is 4. The summed E-state index contributed by atoms with van der Waals surface area (Å²) in [6.07, 6.45) is 7.47. The Morgan fingerprint density at radius 1 is 1.14 bits per heavy atom. The molecule has 1 aromatic heterocycles. The number of aryl methyl sites for hydroxylation is 1. The molecule has 6 aliphatic rings. The Morgan fingerprint density at radius 2 is 1.89 bits per heavy atom. The molecule has 9 heteroatoms. The Kier molecular flexibility index (Phi) is 4.32. The van der Waals surface area contributed by atoms with Crippen molar-refractivity contribution in [2.24, 2.45) is 17.3 Å². The number of amides is 1. The number of hydrogen-bond donors (Lipinski definition) is 3. The van der Waals surface area contributed by atoms with E-state index in [0.717, 1.165) is 44.7 Å². The van der Waals surface area contributed by atoms with Gasteiger partial charge in [0, 0.05) is 55.4 Å². The Labute approximate surface area is 204 Å². The van der Waals surface area contributed by atoms with E-state index in [2.05, 4.69) is 74.0 Å². The van der Waals surface area contributed by atoms with E-state index >= 15 is 0 Å². The smallest absolute Gasteiger partial charge is 0.230 e. The molecule has 0 spiro atoms. The first kappa shape index (κ1) is 21.1. The van der Waals surface area contributed by atoms with Gasteiger partial charge in [-0.2, -0.15) is 4.98 Å². The highest BCUT2D eigenvalue weighted by molar-refractivity contribution is 6.01. The van der Waals surface area contributed by atoms with Gasteiger partial charge in [0.25, 0.3) is 0 Å². The van der Waals surface area contributed by atoms with Crippen LogP contribution in [0.4, 0.5) is 27.5 Å². The summed E-state index contributed by atoms with van der Waals surface area (Å²) in [7, 11) is 2.15. The topological polar surface area (TPSA) is 85.4 Å². The third kappa shape index (κ3) is 2.97. The fraction of sp³-hybridized carbons (Fsp3) is 0.500. The van der Waals surface area contributed by atoms with Crippen LogP contribution in [0.15, 0.2) is 36.5 Å². The van der Waals surface area contributed by atoms with Crippen LogP contribution in [0.3, 0.4) is 0 Å². The minimum atomic E-state index is -0.513. The van der Waals surface area contributed by atoms with Gasteiger partial charge in [0.05, 0.1) is 17.2 Å². The van der Waals surface area contributed by atoms with Crippen molar-refractivity contribution in [3.8, 4) is 0 Å². The molecule has 1 amide bonds. The Balaban J connectivity index is 1.07. The predicted octanol–water partition coefficient (Wildman–Crippen LogP) is 2.66. The predicted molar refractivity (Wildman–Crippen MR) is 132 cm³/mol. The summed E-state index contributed by atoms with van der Waals surface area (Å²) in [4.78, 5) is 26.3. The molecule has 4 fully saturated rings. The Morgan fingerprint density at radius 3 is 2.57 bits per heavy atom. The summed E-state index contributed by atoms with van der Waals surface area (Å²) in [6, 6.07) is 6.52. The monoisotopic (exact) mass is 475 g/mol. The average molecular weight is 476 g/mol. The van der Waals surface area contributed by atoms with Gasteiger partial charge in [0.1, 0.15) is 0 Å². The molecule has 1 saturated heterocycles. The van der Waals surface area contributed by atoms with Gasteiger partial charge in [-0.3, -0.25) is 4.79 Å². The third-order valence-electron chi connectivity index (χ3n) is 8.63. The molecule has 2 atom stereocenters. The zero-order valence-electron chi connectivity index (χ0n) is 20.0. The zero-order valence-corrected chi connectivity index (χ0v) is 20.0. The summed E-state index contributed by atoms with van der Waals surface area (Å²) in [5, 5.41) is 9.67. The van der Waals surface area contributed by atoms with Crippen LogP contribution in [0.2, 0.25) is 0 Å². The second-order valence-corrected chi connectivity index (χ2v) is 10.8. The molecule has 0 unspecified atom stereocenters. The molecule has 8 rings (SSSR count). The van der Waals surface area contributed by atoms with Crippen LogP contribution >= 0.6 is 0 Å². The number of aromatic nitrogens is 2. The molecule has 1 aromatic carbocycles. The summed E-state index contributed by atoms with van der Waals surface area (Å²) in [5.41, 5.74) is 2.37. The minimum absolute atomic E-state index is 0.0937. The fourth-order valence-corrected chi connectivity index (χ4v) is 6.46. The first-order valence-corrected chi connectivity index (χ1v) is 12.5. The number of rotatable bonds is 7. The van der Waals surface area contributed by atoms with E-state index < -0.39 is 16.8 Å². The number of carbonyl (C=O) groups excluding carboxylic acids is 1. The SMILES string of the molecule is Cc1cc(Nc2ncc(F)c(NC34[C@@H]5C=C[C@@H]3C54C(=O)NC3CC3)n2)ccc1N1CCN(C)CC1. The molecule has 5 aliphatic carbocycles. The van der Waals surface area contributed by atoms with Crippen LogP contribution < -0.4 is 20.9 Å². The highest BCUT2D eigenvalue weighted by Gasteiger charge is 3.02. The normalized spacial score (nSPS) is 32.3. The van der Waals surface area contributed by atoms with Gasteiger partial charge in [-0.1, -0.05) is 12.2 Å². The number of anilines is 4. The summed E-state index contributed by atoms with van der Waals surface area (Å²) in [5.74, 6) is 0.262. The summed E-state index contributed by atoms with van der Waals surface area (Å²) >= 11 is 0. The minimum Gasteiger partial charge on any atom is -0.369 e. The van der Waals surface area contributed by atoms with Gasteiger partial charge in [-0.05, 0) is 50.6 Å².